The summed E-state index contributed by atoms with van der Waals surface area (Å²) in [5, 5.41) is 52.6. The van der Waals surface area contributed by atoms with Crippen molar-refractivity contribution in [2.24, 2.45) is 0 Å². The van der Waals surface area contributed by atoms with Crippen LogP contribution in [0.1, 0.15) is 27.2 Å². The van der Waals surface area contributed by atoms with Crippen LogP contribution in [0.3, 0.4) is 0 Å². The van der Waals surface area contributed by atoms with Gasteiger partial charge in [-0.05, 0) is 67.3 Å². The fourth-order valence-corrected chi connectivity index (χ4v) is 4.25. The Hall–Kier alpha value is -3.77. The molecular formula is C26H30N4O7. The lowest BCUT2D eigenvalue weighted by atomic mass is 10.1. The van der Waals surface area contributed by atoms with Crippen molar-refractivity contribution in [3.8, 4) is 5.75 Å². The van der Waals surface area contributed by atoms with Crippen LogP contribution in [-0.2, 0) is 13.0 Å². The second-order valence-electron chi connectivity index (χ2n) is 9.16. The van der Waals surface area contributed by atoms with E-state index in [1.54, 1.807) is 36.5 Å². The van der Waals surface area contributed by atoms with Crippen molar-refractivity contribution < 1.29 is 30.3 Å². The molecule has 2 aromatic carbocycles. The molecule has 11 nitrogen and oxygen atoms in total. The van der Waals surface area contributed by atoms with Gasteiger partial charge in [0.05, 0.1) is 24.2 Å². The highest BCUT2D eigenvalue weighted by atomic mass is 16.4. The van der Waals surface area contributed by atoms with Gasteiger partial charge >= 0.3 is 0 Å². The number of fused-ring (bicyclic) bond motifs is 2. The molecule has 0 fully saturated rings. The standard InChI is InChI=1S/C26H30N4O7/c1-13-7-19-20(8-14(13)2)30(11-21(33)24(35)22(34)12-31)26(37)23(29-19)25(36)27-6-5-15-10-28-18-4-3-16(32)9-17(15)18/h3-4,7-10,21-22,24,28,31-35H,5-6,11-12H2,1-2H3,(H,27,36)/t21-,22+,24-/m0/s1. The molecule has 11 heteroatoms. The molecule has 1 amide bonds. The van der Waals surface area contributed by atoms with Crippen LogP contribution in [0, 0.1) is 13.8 Å². The Balaban J connectivity index is 1.62. The van der Waals surface area contributed by atoms with E-state index >= 15 is 0 Å². The molecule has 2 aromatic heterocycles. The van der Waals surface area contributed by atoms with E-state index < -0.39 is 42.9 Å². The molecule has 37 heavy (non-hydrogen) atoms. The van der Waals surface area contributed by atoms with Crippen LogP contribution in [0.5, 0.6) is 5.75 Å². The van der Waals surface area contributed by atoms with E-state index in [1.165, 1.54) is 0 Å². The molecule has 3 atom stereocenters. The van der Waals surface area contributed by atoms with Gasteiger partial charge in [0, 0.05) is 23.6 Å². The number of aromatic amines is 1. The molecule has 2 heterocycles. The first-order valence-electron chi connectivity index (χ1n) is 11.8. The van der Waals surface area contributed by atoms with Crippen molar-refractivity contribution in [1.82, 2.24) is 19.9 Å². The Morgan fingerprint density at radius 1 is 1.11 bits per heavy atom. The summed E-state index contributed by atoms with van der Waals surface area (Å²) in [5.41, 5.74) is 3.02. The van der Waals surface area contributed by atoms with Gasteiger partial charge in [0.25, 0.3) is 11.5 Å². The number of rotatable bonds is 9. The van der Waals surface area contributed by atoms with E-state index in [2.05, 4.69) is 15.3 Å². The minimum atomic E-state index is -1.71. The quantitative estimate of drug-likeness (QED) is 0.167. The molecule has 0 spiro atoms. The fraction of sp³-hybridized carbons (Fsp3) is 0.346. The first kappa shape index (κ1) is 26.3. The molecule has 0 aliphatic carbocycles. The lowest BCUT2D eigenvalue weighted by molar-refractivity contribution is -0.0805. The molecule has 0 saturated heterocycles. The fourth-order valence-electron chi connectivity index (χ4n) is 4.25. The van der Waals surface area contributed by atoms with E-state index in [-0.39, 0.29) is 18.0 Å². The van der Waals surface area contributed by atoms with Crippen LogP contribution in [0.15, 0.2) is 41.3 Å². The first-order valence-corrected chi connectivity index (χ1v) is 11.8. The Morgan fingerprint density at radius 2 is 1.84 bits per heavy atom. The SMILES string of the molecule is Cc1cc2nc(C(=O)NCCc3c[nH]c4ccc(O)cc34)c(=O)n(C[C@H](O)[C@H](O)[C@H](O)CO)c2cc1C. The second-order valence-corrected chi connectivity index (χ2v) is 9.16. The van der Waals surface area contributed by atoms with Crippen LogP contribution in [-0.4, -0.2) is 77.4 Å². The van der Waals surface area contributed by atoms with Gasteiger partial charge < -0.3 is 40.4 Å². The number of nitrogens with zero attached hydrogens (tertiary/aromatic N) is 2. The largest absolute Gasteiger partial charge is 0.508 e. The number of amides is 1. The van der Waals surface area contributed by atoms with Crippen LogP contribution in [0.25, 0.3) is 21.9 Å². The van der Waals surface area contributed by atoms with Gasteiger partial charge in [0.15, 0.2) is 5.69 Å². The smallest absolute Gasteiger partial charge is 0.282 e. The molecule has 196 valence electrons. The predicted molar refractivity (Wildman–Crippen MR) is 137 cm³/mol. The minimum Gasteiger partial charge on any atom is -0.508 e. The van der Waals surface area contributed by atoms with Gasteiger partial charge in [-0.3, -0.25) is 9.59 Å². The number of phenols is 1. The van der Waals surface area contributed by atoms with Gasteiger partial charge in [-0.1, -0.05) is 0 Å². The maximum atomic E-state index is 13.3. The highest BCUT2D eigenvalue weighted by molar-refractivity contribution is 5.94. The van der Waals surface area contributed by atoms with Crippen molar-refractivity contribution in [3.05, 3.63) is 69.3 Å². The van der Waals surface area contributed by atoms with Crippen molar-refractivity contribution in [1.29, 1.82) is 0 Å². The van der Waals surface area contributed by atoms with Gasteiger partial charge in [-0.15, -0.1) is 0 Å². The molecule has 4 aromatic rings. The summed E-state index contributed by atoms with van der Waals surface area (Å²) in [7, 11) is 0. The van der Waals surface area contributed by atoms with E-state index in [4.69, 9.17) is 5.11 Å². The summed E-state index contributed by atoms with van der Waals surface area (Å²) in [6.07, 6.45) is -2.69. The van der Waals surface area contributed by atoms with Gasteiger partial charge in [0.1, 0.15) is 24.1 Å². The number of carbonyl (C=O) groups excluding carboxylic acids is 1. The first-order chi connectivity index (χ1) is 17.6. The highest BCUT2D eigenvalue weighted by Gasteiger charge is 2.27. The highest BCUT2D eigenvalue weighted by Crippen LogP contribution is 2.23. The lowest BCUT2D eigenvalue weighted by Gasteiger charge is -2.23. The number of phenolic OH excluding ortho intramolecular Hbond substituents is 1. The number of aromatic nitrogens is 3. The number of hydrogen-bond acceptors (Lipinski definition) is 8. The molecule has 0 radical (unpaired) electrons. The van der Waals surface area contributed by atoms with Gasteiger partial charge in [-0.2, -0.15) is 0 Å². The number of aliphatic hydroxyl groups is 4. The molecule has 4 rings (SSSR count). The number of aryl methyl sites for hydroxylation is 2. The number of hydrogen-bond donors (Lipinski definition) is 7. The third-order valence-electron chi connectivity index (χ3n) is 6.55. The summed E-state index contributed by atoms with van der Waals surface area (Å²) in [5.74, 6) is -0.574. The Bertz CT molecular complexity index is 1510. The van der Waals surface area contributed by atoms with Gasteiger partial charge in [-0.25, -0.2) is 4.98 Å². The number of H-pyrrole nitrogens is 1. The van der Waals surface area contributed by atoms with Crippen molar-refractivity contribution in [2.75, 3.05) is 13.2 Å². The lowest BCUT2D eigenvalue weighted by Crippen LogP contribution is -2.44. The number of benzene rings is 2. The average molecular weight is 511 g/mol. The monoisotopic (exact) mass is 510 g/mol. The van der Waals surface area contributed by atoms with Crippen molar-refractivity contribution in [3.63, 3.8) is 0 Å². The van der Waals surface area contributed by atoms with Crippen molar-refractivity contribution >= 4 is 27.8 Å². The Morgan fingerprint density at radius 3 is 2.57 bits per heavy atom. The third kappa shape index (κ3) is 5.35. The second kappa shape index (κ2) is 10.7. The molecule has 0 aliphatic rings. The summed E-state index contributed by atoms with van der Waals surface area (Å²) >= 11 is 0. The Kier molecular flexibility index (Phi) is 7.60. The van der Waals surface area contributed by atoms with Crippen molar-refractivity contribution in [2.45, 2.75) is 45.1 Å². The number of aromatic hydroxyl groups is 1. The van der Waals surface area contributed by atoms with Crippen LogP contribution in [0.2, 0.25) is 0 Å². The topological polar surface area (TPSA) is 181 Å². The van der Waals surface area contributed by atoms with Crippen LogP contribution < -0.4 is 10.9 Å². The summed E-state index contributed by atoms with van der Waals surface area (Å²) in [6, 6.07) is 8.38. The van der Waals surface area contributed by atoms with E-state index in [0.29, 0.717) is 17.5 Å². The zero-order chi connectivity index (χ0) is 26.9. The zero-order valence-corrected chi connectivity index (χ0v) is 20.5. The summed E-state index contributed by atoms with van der Waals surface area (Å²) < 4.78 is 1.14. The van der Waals surface area contributed by atoms with E-state index in [1.807, 2.05) is 13.8 Å². The average Bonchev–Trinajstić information content (AvgIpc) is 3.27. The van der Waals surface area contributed by atoms with Crippen LogP contribution in [0.4, 0.5) is 0 Å². The molecule has 7 N–H and O–H groups in total. The summed E-state index contributed by atoms with van der Waals surface area (Å²) in [6.45, 7) is 2.69. The predicted octanol–water partition coefficient (Wildman–Crippen LogP) is 0.248. The zero-order valence-electron chi connectivity index (χ0n) is 20.5. The number of aliphatic hydroxyl groups excluding tert-OH is 4. The molecular weight excluding hydrogens is 480 g/mol. The van der Waals surface area contributed by atoms with Crippen LogP contribution >= 0.6 is 0 Å². The number of nitrogens with one attached hydrogen (secondary N) is 2. The molecule has 0 bridgehead atoms. The maximum Gasteiger partial charge on any atom is 0.282 e. The minimum absolute atomic E-state index is 0.127. The third-order valence-corrected chi connectivity index (χ3v) is 6.55. The van der Waals surface area contributed by atoms with Gasteiger partial charge in [0.2, 0.25) is 0 Å². The maximum absolute atomic E-state index is 13.3. The number of carbonyl (C=O) groups is 1. The Labute approximate surface area is 211 Å². The summed E-state index contributed by atoms with van der Waals surface area (Å²) in [4.78, 5) is 33.7. The van der Waals surface area contributed by atoms with E-state index in [9.17, 15) is 30.0 Å². The molecule has 0 aliphatic heterocycles. The normalized spacial score (nSPS) is 14.1. The molecule has 0 unspecified atom stereocenters. The molecule has 0 saturated carbocycles. The van der Waals surface area contributed by atoms with E-state index in [0.717, 1.165) is 32.2 Å².